The van der Waals surface area contributed by atoms with Crippen molar-refractivity contribution >= 4 is 28.0 Å². The molecule has 1 amide bonds. The second kappa shape index (κ2) is 5.34. The Bertz CT molecular complexity index is 1110. The van der Waals surface area contributed by atoms with Gasteiger partial charge < -0.3 is 9.73 Å². The van der Waals surface area contributed by atoms with Crippen molar-refractivity contribution in [2.24, 2.45) is 0 Å². The molecule has 24 heavy (non-hydrogen) atoms. The van der Waals surface area contributed by atoms with Crippen LogP contribution >= 0.6 is 0 Å². The van der Waals surface area contributed by atoms with Gasteiger partial charge in [0.1, 0.15) is 5.52 Å². The lowest BCUT2D eigenvalue weighted by atomic mass is 10.1. The van der Waals surface area contributed by atoms with Crippen molar-refractivity contribution in [3.63, 3.8) is 0 Å². The molecule has 120 valence electrons. The third kappa shape index (κ3) is 2.43. The molecule has 3 aromatic heterocycles. The van der Waals surface area contributed by atoms with E-state index in [0.29, 0.717) is 27.7 Å². The number of aromatic nitrogens is 4. The molecule has 0 radical (unpaired) electrons. The van der Waals surface area contributed by atoms with E-state index in [4.69, 9.17) is 4.42 Å². The zero-order valence-corrected chi connectivity index (χ0v) is 12.7. The molecule has 1 unspecified atom stereocenters. The van der Waals surface area contributed by atoms with Gasteiger partial charge in [0.05, 0.1) is 28.8 Å². The molecule has 4 aromatic rings. The lowest BCUT2D eigenvalue weighted by Gasteiger charge is -2.14. The van der Waals surface area contributed by atoms with Crippen molar-refractivity contribution < 1.29 is 9.21 Å². The highest BCUT2D eigenvalue weighted by atomic mass is 16.4. The van der Waals surface area contributed by atoms with E-state index in [2.05, 4.69) is 25.5 Å². The maximum atomic E-state index is 12.4. The summed E-state index contributed by atoms with van der Waals surface area (Å²) in [5.74, 6) is -0.750. The van der Waals surface area contributed by atoms with Gasteiger partial charge in [-0.25, -0.2) is 4.79 Å². The monoisotopic (exact) mass is 323 g/mol. The first-order valence-corrected chi connectivity index (χ1v) is 7.33. The summed E-state index contributed by atoms with van der Waals surface area (Å²) in [6, 6.07) is 6.74. The first-order chi connectivity index (χ1) is 11.6. The maximum Gasteiger partial charge on any atom is 0.417 e. The Labute approximate surface area is 134 Å². The Morgan fingerprint density at radius 1 is 1.25 bits per heavy atom. The molecule has 0 aliphatic heterocycles. The number of carbonyl (C=O) groups excluding carboxylic acids is 1. The van der Waals surface area contributed by atoms with Crippen LogP contribution in [0.15, 0.2) is 45.9 Å². The van der Waals surface area contributed by atoms with Gasteiger partial charge in [0.2, 0.25) is 0 Å². The average Bonchev–Trinajstić information content (AvgIpc) is 3.17. The van der Waals surface area contributed by atoms with Gasteiger partial charge in [-0.3, -0.25) is 19.9 Å². The van der Waals surface area contributed by atoms with E-state index in [1.54, 1.807) is 24.4 Å². The minimum Gasteiger partial charge on any atom is -0.408 e. The summed E-state index contributed by atoms with van der Waals surface area (Å²) in [6.45, 7) is 1.85. The predicted molar refractivity (Wildman–Crippen MR) is 86.6 cm³/mol. The maximum absolute atomic E-state index is 12.4. The van der Waals surface area contributed by atoms with Gasteiger partial charge in [0.15, 0.2) is 5.58 Å². The molecule has 0 saturated heterocycles. The number of nitrogens with zero attached hydrogens (tertiary/aromatic N) is 2. The number of carbonyl (C=O) groups is 1. The van der Waals surface area contributed by atoms with Gasteiger partial charge in [-0.2, -0.15) is 5.10 Å². The summed E-state index contributed by atoms with van der Waals surface area (Å²) in [5, 5.41) is 9.57. The number of hydrogen-bond acceptors (Lipinski definition) is 5. The first kappa shape index (κ1) is 14.2. The molecular weight excluding hydrogens is 310 g/mol. The summed E-state index contributed by atoms with van der Waals surface area (Å²) in [5.41, 5.74) is 3.75. The van der Waals surface area contributed by atoms with Gasteiger partial charge in [-0.05, 0) is 30.7 Å². The van der Waals surface area contributed by atoms with E-state index >= 15 is 0 Å². The molecule has 0 fully saturated rings. The number of aromatic amines is 2. The van der Waals surface area contributed by atoms with E-state index in [9.17, 15) is 9.59 Å². The lowest BCUT2D eigenvalue weighted by Crippen LogP contribution is -2.26. The zero-order chi connectivity index (χ0) is 16.7. The van der Waals surface area contributed by atoms with Crippen LogP contribution in [0.3, 0.4) is 0 Å². The van der Waals surface area contributed by atoms with Crippen LogP contribution in [0.25, 0.3) is 22.1 Å². The molecule has 3 N–H and O–H groups in total. The van der Waals surface area contributed by atoms with E-state index in [-0.39, 0.29) is 11.9 Å². The number of pyridine rings is 1. The smallest absolute Gasteiger partial charge is 0.408 e. The van der Waals surface area contributed by atoms with Crippen molar-refractivity contribution in [3.8, 4) is 0 Å². The van der Waals surface area contributed by atoms with Crippen LogP contribution in [-0.2, 0) is 0 Å². The highest BCUT2D eigenvalue weighted by molar-refractivity contribution is 5.96. The quantitative estimate of drug-likeness (QED) is 0.532. The van der Waals surface area contributed by atoms with E-state index in [1.807, 2.05) is 13.0 Å². The van der Waals surface area contributed by atoms with E-state index < -0.39 is 5.76 Å². The fourth-order valence-corrected chi connectivity index (χ4v) is 2.55. The number of rotatable bonds is 3. The standard InChI is InChI=1S/C16H13N5O3/c1-8(9-2-3-11-14(5-9)24-16(23)20-11)19-15(22)10-4-12-13(17-6-10)7-18-21-12/h2-8H,1H3,(H,18,21)(H,19,22)(H,20,23). The highest BCUT2D eigenvalue weighted by Crippen LogP contribution is 2.19. The van der Waals surface area contributed by atoms with E-state index in [1.165, 1.54) is 6.20 Å². The van der Waals surface area contributed by atoms with Crippen LogP contribution in [0.2, 0.25) is 0 Å². The predicted octanol–water partition coefficient (Wildman–Crippen LogP) is 1.88. The number of nitrogens with one attached hydrogen (secondary N) is 3. The molecule has 0 aliphatic carbocycles. The summed E-state index contributed by atoms with van der Waals surface area (Å²) in [6.07, 6.45) is 3.10. The molecule has 0 aliphatic rings. The fourth-order valence-electron chi connectivity index (χ4n) is 2.55. The average molecular weight is 323 g/mol. The molecule has 0 bridgehead atoms. The van der Waals surface area contributed by atoms with Gasteiger partial charge in [0, 0.05) is 6.20 Å². The molecule has 0 spiro atoms. The van der Waals surface area contributed by atoms with Crippen LogP contribution < -0.4 is 11.1 Å². The van der Waals surface area contributed by atoms with Gasteiger partial charge in [0.25, 0.3) is 5.91 Å². The number of fused-ring (bicyclic) bond motifs is 2. The van der Waals surface area contributed by atoms with Crippen LogP contribution in [0.1, 0.15) is 28.9 Å². The first-order valence-electron chi connectivity index (χ1n) is 7.33. The third-order valence-corrected chi connectivity index (χ3v) is 3.85. The summed E-state index contributed by atoms with van der Waals surface area (Å²) >= 11 is 0. The summed E-state index contributed by atoms with van der Waals surface area (Å²) in [4.78, 5) is 30.4. The molecule has 0 saturated carbocycles. The van der Waals surface area contributed by atoms with Crippen molar-refractivity contribution in [2.45, 2.75) is 13.0 Å². The van der Waals surface area contributed by atoms with Crippen LogP contribution in [0.4, 0.5) is 0 Å². The Hall–Kier alpha value is -3.42. The lowest BCUT2D eigenvalue weighted by molar-refractivity contribution is 0.0939. The number of amides is 1. The number of H-pyrrole nitrogens is 2. The molecule has 1 aromatic carbocycles. The molecule has 8 heteroatoms. The molecule has 4 rings (SSSR count). The number of oxazole rings is 1. The van der Waals surface area contributed by atoms with E-state index in [0.717, 1.165) is 5.56 Å². The SMILES string of the molecule is CC(NC(=O)c1cnc2cn[nH]c2c1)c1ccc2[nH]c(=O)oc2c1. The fraction of sp³-hybridized carbons (Fsp3) is 0.125. The zero-order valence-electron chi connectivity index (χ0n) is 12.7. The van der Waals surface area contributed by atoms with Gasteiger partial charge in [-0.1, -0.05) is 6.07 Å². The van der Waals surface area contributed by atoms with Crippen LogP contribution in [-0.4, -0.2) is 26.1 Å². The number of hydrogen-bond donors (Lipinski definition) is 3. The summed E-state index contributed by atoms with van der Waals surface area (Å²) in [7, 11) is 0. The molecular formula is C16H13N5O3. The molecule has 3 heterocycles. The Morgan fingerprint density at radius 3 is 3.00 bits per heavy atom. The normalized spacial score (nSPS) is 12.5. The largest absolute Gasteiger partial charge is 0.417 e. The van der Waals surface area contributed by atoms with Gasteiger partial charge >= 0.3 is 5.76 Å². The molecule has 1 atom stereocenters. The summed E-state index contributed by atoms with van der Waals surface area (Å²) < 4.78 is 5.04. The minimum absolute atomic E-state index is 0.248. The number of benzene rings is 1. The Morgan fingerprint density at radius 2 is 2.12 bits per heavy atom. The van der Waals surface area contributed by atoms with Gasteiger partial charge in [-0.15, -0.1) is 0 Å². The van der Waals surface area contributed by atoms with Crippen LogP contribution in [0, 0.1) is 0 Å². The molecule has 8 nitrogen and oxygen atoms in total. The Kier molecular flexibility index (Phi) is 3.16. The minimum atomic E-state index is -0.502. The third-order valence-electron chi connectivity index (χ3n) is 3.85. The topological polar surface area (TPSA) is 117 Å². The van der Waals surface area contributed by atoms with Crippen LogP contribution in [0.5, 0.6) is 0 Å². The van der Waals surface area contributed by atoms with Crippen molar-refractivity contribution in [1.29, 1.82) is 0 Å². The Balaban J connectivity index is 1.58. The van der Waals surface area contributed by atoms with Crippen molar-refractivity contribution in [1.82, 2.24) is 25.5 Å². The highest BCUT2D eigenvalue weighted by Gasteiger charge is 2.14. The second-order valence-corrected chi connectivity index (χ2v) is 5.49. The second-order valence-electron chi connectivity index (χ2n) is 5.49. The van der Waals surface area contributed by atoms with Crippen molar-refractivity contribution in [3.05, 3.63) is 58.3 Å². The van der Waals surface area contributed by atoms with Crippen molar-refractivity contribution in [2.75, 3.05) is 0 Å².